The summed E-state index contributed by atoms with van der Waals surface area (Å²) in [5.74, 6) is -0.318. The summed E-state index contributed by atoms with van der Waals surface area (Å²) in [4.78, 5) is 16.6. The molecule has 0 fully saturated rings. The molecular weight excluding hydrogens is 194 g/mol. The maximum atomic E-state index is 11.0. The molecule has 0 saturated heterocycles. The summed E-state index contributed by atoms with van der Waals surface area (Å²) in [6.45, 7) is 0.157. The summed E-state index contributed by atoms with van der Waals surface area (Å²) in [6.07, 6.45) is 1.54. The number of ether oxygens (including phenoxy) is 1. The van der Waals surface area contributed by atoms with E-state index in [1.807, 2.05) is 6.07 Å². The number of likely N-dealkylation sites (N-methyl/N-ethyl adjacent to an activating group) is 1. The zero-order chi connectivity index (χ0) is 11.3. The lowest BCUT2D eigenvalue weighted by Crippen LogP contribution is -2.26. The molecule has 0 saturated carbocycles. The molecule has 0 bridgehead atoms. The Hall–Kier alpha value is -2.09. The average molecular weight is 205 g/mol. The van der Waals surface area contributed by atoms with Crippen LogP contribution in [0, 0.1) is 11.3 Å². The predicted octanol–water partition coefficient (Wildman–Crippen LogP) is 0.562. The number of carbonyl (C=O) groups is 1. The molecule has 0 N–H and O–H groups in total. The van der Waals surface area contributed by atoms with Crippen LogP contribution in [0.25, 0.3) is 0 Å². The van der Waals surface area contributed by atoms with Crippen molar-refractivity contribution in [2.24, 2.45) is 0 Å². The number of esters is 1. The zero-order valence-electron chi connectivity index (χ0n) is 8.60. The molecule has 0 aliphatic heterocycles. The number of anilines is 1. The van der Waals surface area contributed by atoms with E-state index in [0.717, 1.165) is 5.69 Å². The minimum Gasteiger partial charge on any atom is -0.468 e. The minimum atomic E-state index is -0.318. The number of hydrogen-bond donors (Lipinski definition) is 0. The van der Waals surface area contributed by atoms with Crippen LogP contribution in [0.2, 0.25) is 0 Å². The van der Waals surface area contributed by atoms with E-state index in [4.69, 9.17) is 5.26 Å². The Morgan fingerprint density at radius 1 is 1.67 bits per heavy atom. The molecule has 1 rings (SSSR count). The van der Waals surface area contributed by atoms with E-state index in [1.165, 1.54) is 7.11 Å². The minimum absolute atomic E-state index is 0.157. The molecule has 0 spiro atoms. The van der Waals surface area contributed by atoms with Gasteiger partial charge in [-0.05, 0) is 12.1 Å². The lowest BCUT2D eigenvalue weighted by Gasteiger charge is -2.16. The molecule has 5 heteroatoms. The van der Waals surface area contributed by atoms with Crippen molar-refractivity contribution < 1.29 is 9.53 Å². The molecule has 15 heavy (non-hydrogen) atoms. The van der Waals surface area contributed by atoms with E-state index < -0.39 is 0 Å². The predicted molar refractivity (Wildman–Crippen MR) is 54.2 cm³/mol. The van der Waals surface area contributed by atoms with Crippen molar-refractivity contribution in [1.82, 2.24) is 4.98 Å². The maximum absolute atomic E-state index is 11.0. The van der Waals surface area contributed by atoms with E-state index in [2.05, 4.69) is 9.72 Å². The van der Waals surface area contributed by atoms with Gasteiger partial charge in [0.25, 0.3) is 0 Å². The quantitative estimate of drug-likeness (QED) is 0.674. The lowest BCUT2D eigenvalue weighted by molar-refractivity contribution is -0.138. The molecule has 1 aromatic heterocycles. The number of pyridine rings is 1. The molecule has 0 aliphatic rings. The van der Waals surface area contributed by atoms with Crippen LogP contribution in [-0.2, 0) is 9.53 Å². The Balaban J connectivity index is 2.70. The average Bonchev–Trinajstić information content (AvgIpc) is 2.29. The Morgan fingerprint density at radius 3 is 2.87 bits per heavy atom. The fourth-order valence-electron chi connectivity index (χ4n) is 1.03. The van der Waals surface area contributed by atoms with Gasteiger partial charge >= 0.3 is 5.97 Å². The van der Waals surface area contributed by atoms with Gasteiger partial charge in [-0.3, -0.25) is 4.79 Å². The van der Waals surface area contributed by atoms with Crippen LogP contribution < -0.4 is 4.90 Å². The smallest absolute Gasteiger partial charge is 0.325 e. The maximum Gasteiger partial charge on any atom is 0.325 e. The van der Waals surface area contributed by atoms with Crippen molar-refractivity contribution in [1.29, 1.82) is 5.26 Å². The lowest BCUT2D eigenvalue weighted by atomic mass is 10.3. The van der Waals surface area contributed by atoms with Gasteiger partial charge in [0.15, 0.2) is 0 Å². The van der Waals surface area contributed by atoms with Gasteiger partial charge in [-0.1, -0.05) is 0 Å². The van der Waals surface area contributed by atoms with Gasteiger partial charge < -0.3 is 9.64 Å². The first-order valence-corrected chi connectivity index (χ1v) is 4.31. The van der Waals surface area contributed by atoms with Crippen molar-refractivity contribution >= 4 is 11.7 Å². The van der Waals surface area contributed by atoms with Gasteiger partial charge in [0.2, 0.25) is 0 Å². The molecule has 0 atom stereocenters. The van der Waals surface area contributed by atoms with Gasteiger partial charge in [-0.25, -0.2) is 4.98 Å². The third kappa shape index (κ3) is 2.95. The topological polar surface area (TPSA) is 66.2 Å². The van der Waals surface area contributed by atoms with Gasteiger partial charge in [0, 0.05) is 7.05 Å². The number of rotatable bonds is 3. The number of nitriles is 1. The fraction of sp³-hybridized carbons (Fsp3) is 0.300. The van der Waals surface area contributed by atoms with Gasteiger partial charge in [0.1, 0.15) is 18.3 Å². The Labute approximate surface area is 87.9 Å². The van der Waals surface area contributed by atoms with Crippen LogP contribution in [0.5, 0.6) is 0 Å². The highest BCUT2D eigenvalue weighted by molar-refractivity contribution is 5.75. The second kappa shape index (κ2) is 4.96. The molecule has 0 aromatic carbocycles. The van der Waals surface area contributed by atoms with Crippen molar-refractivity contribution in [3.05, 3.63) is 24.0 Å². The largest absolute Gasteiger partial charge is 0.468 e. The van der Waals surface area contributed by atoms with Gasteiger partial charge in [0.05, 0.1) is 19.0 Å². The molecule has 1 heterocycles. The molecule has 78 valence electrons. The Kier molecular flexibility index (Phi) is 3.63. The van der Waals surface area contributed by atoms with E-state index in [9.17, 15) is 4.79 Å². The highest BCUT2D eigenvalue weighted by atomic mass is 16.5. The van der Waals surface area contributed by atoms with E-state index >= 15 is 0 Å². The summed E-state index contributed by atoms with van der Waals surface area (Å²) >= 11 is 0. The Morgan fingerprint density at radius 2 is 2.40 bits per heavy atom. The highest BCUT2D eigenvalue weighted by Crippen LogP contribution is 2.10. The first-order chi connectivity index (χ1) is 7.17. The molecule has 1 aromatic rings. The van der Waals surface area contributed by atoms with Gasteiger partial charge in [-0.2, -0.15) is 5.26 Å². The van der Waals surface area contributed by atoms with E-state index in [1.54, 1.807) is 30.3 Å². The highest BCUT2D eigenvalue weighted by Gasteiger charge is 2.07. The molecule has 5 nitrogen and oxygen atoms in total. The van der Waals surface area contributed by atoms with Crippen LogP contribution in [-0.4, -0.2) is 31.7 Å². The Bertz CT molecular complexity index is 381. The molecule has 0 unspecified atom stereocenters. The summed E-state index contributed by atoms with van der Waals surface area (Å²) in [7, 11) is 3.09. The summed E-state index contributed by atoms with van der Waals surface area (Å²) in [5.41, 5.74) is 1.12. The van der Waals surface area contributed by atoms with Crippen LogP contribution in [0.15, 0.2) is 18.3 Å². The summed E-state index contributed by atoms with van der Waals surface area (Å²) < 4.78 is 4.53. The zero-order valence-corrected chi connectivity index (χ0v) is 8.60. The van der Waals surface area contributed by atoms with Crippen LogP contribution in [0.3, 0.4) is 0 Å². The summed E-state index contributed by atoms with van der Waals surface area (Å²) in [5, 5.41) is 8.55. The SMILES string of the molecule is COC(=O)CN(C)c1ccc(C#N)nc1. The second-order valence-corrected chi connectivity index (χ2v) is 2.95. The number of aromatic nitrogens is 1. The standard InChI is InChI=1S/C10H11N3O2/c1-13(7-10(14)15-2)9-4-3-8(5-11)12-6-9/h3-4,6H,7H2,1-2H3. The van der Waals surface area contributed by atoms with Crippen molar-refractivity contribution in [2.45, 2.75) is 0 Å². The molecular formula is C10H11N3O2. The summed E-state index contributed by atoms with van der Waals surface area (Å²) in [6, 6.07) is 5.25. The third-order valence-electron chi connectivity index (χ3n) is 1.90. The number of carbonyl (C=O) groups excluding carboxylic acids is 1. The van der Waals surface area contributed by atoms with E-state index in [0.29, 0.717) is 5.69 Å². The molecule has 0 amide bonds. The normalized spacial score (nSPS) is 9.13. The molecule has 0 radical (unpaired) electrons. The third-order valence-corrected chi connectivity index (χ3v) is 1.90. The van der Waals surface area contributed by atoms with Gasteiger partial charge in [-0.15, -0.1) is 0 Å². The van der Waals surface area contributed by atoms with Crippen molar-refractivity contribution in [2.75, 3.05) is 25.6 Å². The number of methoxy groups -OCH3 is 1. The fourth-order valence-corrected chi connectivity index (χ4v) is 1.03. The number of nitrogens with zero attached hydrogens (tertiary/aromatic N) is 3. The van der Waals surface area contributed by atoms with Crippen LogP contribution in [0.4, 0.5) is 5.69 Å². The van der Waals surface area contributed by atoms with E-state index in [-0.39, 0.29) is 12.5 Å². The monoisotopic (exact) mass is 205 g/mol. The first-order valence-electron chi connectivity index (χ1n) is 4.31. The van der Waals surface area contributed by atoms with Crippen molar-refractivity contribution in [3.63, 3.8) is 0 Å². The second-order valence-electron chi connectivity index (χ2n) is 2.95. The first kappa shape index (κ1) is 11.0. The van der Waals surface area contributed by atoms with Crippen LogP contribution in [0.1, 0.15) is 5.69 Å². The van der Waals surface area contributed by atoms with Crippen molar-refractivity contribution in [3.8, 4) is 6.07 Å². The molecule has 0 aliphatic carbocycles. The number of hydrogen-bond acceptors (Lipinski definition) is 5. The van der Waals surface area contributed by atoms with Crippen LogP contribution >= 0.6 is 0 Å².